The minimum Gasteiger partial charge on any atom is -0.334 e. The van der Waals surface area contributed by atoms with Crippen molar-refractivity contribution in [3.8, 4) is 0 Å². The summed E-state index contributed by atoms with van der Waals surface area (Å²) in [7, 11) is 0. The van der Waals surface area contributed by atoms with Crippen molar-refractivity contribution in [1.29, 1.82) is 0 Å². The average molecular weight is 267 g/mol. The van der Waals surface area contributed by atoms with E-state index in [1.807, 2.05) is 36.4 Å². The molecule has 0 saturated heterocycles. The van der Waals surface area contributed by atoms with Crippen LogP contribution in [0.3, 0.4) is 0 Å². The molecule has 2 amide bonds. The number of urea groups is 1. The van der Waals surface area contributed by atoms with E-state index in [-0.39, 0.29) is 6.03 Å². The van der Waals surface area contributed by atoms with Crippen molar-refractivity contribution in [2.24, 2.45) is 0 Å². The van der Waals surface area contributed by atoms with Crippen molar-refractivity contribution in [3.05, 3.63) is 54.2 Å². The van der Waals surface area contributed by atoms with E-state index in [9.17, 15) is 4.79 Å². The molecule has 100 valence electrons. The molecular weight excluding hydrogens is 254 g/mol. The fourth-order valence-electron chi connectivity index (χ4n) is 1.88. The van der Waals surface area contributed by atoms with Gasteiger partial charge in [-0.05, 0) is 17.7 Å². The molecule has 2 aromatic heterocycles. The van der Waals surface area contributed by atoms with Crippen LogP contribution < -0.4 is 10.6 Å². The van der Waals surface area contributed by atoms with Gasteiger partial charge in [-0.25, -0.2) is 9.78 Å². The third-order valence-electron chi connectivity index (χ3n) is 2.86. The Kier molecular flexibility index (Phi) is 3.28. The Morgan fingerprint density at radius 2 is 2.00 bits per heavy atom. The average Bonchev–Trinajstić information content (AvgIpc) is 2.90. The number of anilines is 1. The summed E-state index contributed by atoms with van der Waals surface area (Å²) in [4.78, 5) is 15.9. The lowest BCUT2D eigenvalue weighted by Gasteiger charge is -2.06. The zero-order valence-corrected chi connectivity index (χ0v) is 10.6. The van der Waals surface area contributed by atoms with Crippen LogP contribution in [0.15, 0.2) is 48.7 Å². The molecule has 1 aromatic carbocycles. The number of hydrogen-bond donors (Lipinski definition) is 3. The highest BCUT2D eigenvalue weighted by molar-refractivity contribution is 5.97. The fraction of sp³-hybridized carbons (Fsp3) is 0.0714. The summed E-state index contributed by atoms with van der Waals surface area (Å²) >= 11 is 0. The minimum absolute atomic E-state index is 0.289. The molecule has 0 unspecified atom stereocenters. The standard InChI is InChI=1S/C14H13N5O/c20-14(16-9-10-5-2-1-3-6-10)17-13-11-7-4-8-15-12(11)18-19-13/h1-8H,9H2,(H3,15,16,17,18,19,20). The van der Waals surface area contributed by atoms with Gasteiger partial charge in [0.1, 0.15) is 5.82 Å². The van der Waals surface area contributed by atoms with E-state index >= 15 is 0 Å². The lowest BCUT2D eigenvalue weighted by molar-refractivity contribution is 0.251. The number of nitrogens with zero attached hydrogens (tertiary/aromatic N) is 2. The van der Waals surface area contributed by atoms with Gasteiger partial charge in [0.2, 0.25) is 0 Å². The number of carbonyl (C=O) groups is 1. The van der Waals surface area contributed by atoms with Crippen LogP contribution in [-0.2, 0) is 6.54 Å². The second-order valence-corrected chi connectivity index (χ2v) is 4.27. The van der Waals surface area contributed by atoms with Crippen LogP contribution >= 0.6 is 0 Å². The van der Waals surface area contributed by atoms with Gasteiger partial charge in [0.15, 0.2) is 5.65 Å². The SMILES string of the molecule is O=C(NCc1ccccc1)Nc1[nH]nc2ncccc12. The molecule has 0 fully saturated rings. The van der Waals surface area contributed by atoms with E-state index in [0.717, 1.165) is 10.9 Å². The van der Waals surface area contributed by atoms with Crippen molar-refractivity contribution >= 4 is 22.9 Å². The number of pyridine rings is 1. The summed E-state index contributed by atoms with van der Waals surface area (Å²) in [5.74, 6) is 0.540. The Balaban J connectivity index is 1.64. The molecule has 0 saturated carbocycles. The number of carbonyl (C=O) groups excluding carboxylic acids is 1. The van der Waals surface area contributed by atoms with Gasteiger partial charge in [-0.2, -0.15) is 5.10 Å². The fourth-order valence-corrected chi connectivity index (χ4v) is 1.88. The van der Waals surface area contributed by atoms with Crippen LogP contribution in [0.4, 0.5) is 10.6 Å². The quantitative estimate of drug-likeness (QED) is 0.680. The van der Waals surface area contributed by atoms with Crippen molar-refractivity contribution in [2.75, 3.05) is 5.32 Å². The van der Waals surface area contributed by atoms with E-state index in [0.29, 0.717) is 18.0 Å². The molecule has 6 heteroatoms. The highest BCUT2D eigenvalue weighted by Crippen LogP contribution is 2.17. The van der Waals surface area contributed by atoms with Crippen LogP contribution in [0.2, 0.25) is 0 Å². The number of benzene rings is 1. The first-order valence-electron chi connectivity index (χ1n) is 6.21. The summed E-state index contributed by atoms with van der Waals surface area (Å²) in [6.45, 7) is 0.469. The van der Waals surface area contributed by atoms with Gasteiger partial charge >= 0.3 is 6.03 Å². The summed E-state index contributed by atoms with van der Waals surface area (Å²) < 4.78 is 0. The number of amides is 2. The number of H-pyrrole nitrogens is 1. The predicted molar refractivity (Wildman–Crippen MR) is 76.2 cm³/mol. The summed E-state index contributed by atoms with van der Waals surface area (Å²) in [6.07, 6.45) is 1.66. The maximum absolute atomic E-state index is 11.8. The first kappa shape index (κ1) is 12.2. The second-order valence-electron chi connectivity index (χ2n) is 4.27. The smallest absolute Gasteiger partial charge is 0.320 e. The molecular formula is C14H13N5O. The van der Waals surface area contributed by atoms with E-state index in [2.05, 4.69) is 25.8 Å². The third-order valence-corrected chi connectivity index (χ3v) is 2.86. The molecule has 2 heterocycles. The van der Waals surface area contributed by atoms with Crippen LogP contribution in [-0.4, -0.2) is 21.2 Å². The van der Waals surface area contributed by atoms with Crippen molar-refractivity contribution in [3.63, 3.8) is 0 Å². The van der Waals surface area contributed by atoms with Gasteiger partial charge in [0.05, 0.1) is 5.39 Å². The number of rotatable bonds is 3. The minimum atomic E-state index is -0.289. The van der Waals surface area contributed by atoms with Gasteiger partial charge in [0.25, 0.3) is 0 Å². The van der Waals surface area contributed by atoms with E-state index in [1.54, 1.807) is 12.3 Å². The molecule has 3 aromatic rings. The molecule has 20 heavy (non-hydrogen) atoms. The molecule has 3 N–H and O–H groups in total. The first-order chi connectivity index (χ1) is 9.83. The van der Waals surface area contributed by atoms with Crippen molar-refractivity contribution in [1.82, 2.24) is 20.5 Å². The Hall–Kier alpha value is -2.89. The molecule has 3 rings (SSSR count). The van der Waals surface area contributed by atoms with Crippen LogP contribution in [0.25, 0.3) is 11.0 Å². The molecule has 0 aliphatic carbocycles. The summed E-state index contributed by atoms with van der Waals surface area (Å²) in [6, 6.07) is 13.1. The predicted octanol–water partition coefficient (Wildman–Crippen LogP) is 2.28. The van der Waals surface area contributed by atoms with Gasteiger partial charge in [0, 0.05) is 12.7 Å². The number of aromatic amines is 1. The zero-order valence-electron chi connectivity index (χ0n) is 10.6. The van der Waals surface area contributed by atoms with Crippen LogP contribution in [0, 0.1) is 0 Å². The summed E-state index contributed by atoms with van der Waals surface area (Å²) in [5.41, 5.74) is 1.62. The molecule has 0 atom stereocenters. The maximum Gasteiger partial charge on any atom is 0.320 e. The van der Waals surface area contributed by atoms with E-state index in [4.69, 9.17) is 0 Å². The van der Waals surface area contributed by atoms with Gasteiger partial charge < -0.3 is 5.32 Å². The molecule has 0 radical (unpaired) electrons. The molecule has 0 spiro atoms. The zero-order chi connectivity index (χ0) is 13.8. The monoisotopic (exact) mass is 267 g/mol. The number of nitrogens with one attached hydrogen (secondary N) is 3. The van der Waals surface area contributed by atoms with E-state index in [1.165, 1.54) is 0 Å². The molecule has 0 aliphatic rings. The van der Waals surface area contributed by atoms with Crippen LogP contribution in [0.1, 0.15) is 5.56 Å². The highest BCUT2D eigenvalue weighted by atomic mass is 16.2. The number of aromatic nitrogens is 3. The van der Waals surface area contributed by atoms with Gasteiger partial charge in [-0.15, -0.1) is 0 Å². The highest BCUT2D eigenvalue weighted by Gasteiger charge is 2.08. The van der Waals surface area contributed by atoms with Crippen molar-refractivity contribution < 1.29 is 4.79 Å². The van der Waals surface area contributed by atoms with Crippen molar-refractivity contribution in [2.45, 2.75) is 6.54 Å². The van der Waals surface area contributed by atoms with Crippen LogP contribution in [0.5, 0.6) is 0 Å². The lowest BCUT2D eigenvalue weighted by atomic mass is 10.2. The Bertz CT molecular complexity index is 723. The largest absolute Gasteiger partial charge is 0.334 e. The van der Waals surface area contributed by atoms with Gasteiger partial charge in [-0.1, -0.05) is 30.3 Å². The molecule has 6 nitrogen and oxygen atoms in total. The topological polar surface area (TPSA) is 82.7 Å². The summed E-state index contributed by atoms with van der Waals surface area (Å²) in [5, 5.41) is 13.1. The number of hydrogen-bond acceptors (Lipinski definition) is 3. The Labute approximate surface area is 115 Å². The van der Waals surface area contributed by atoms with Gasteiger partial charge in [-0.3, -0.25) is 10.4 Å². The Morgan fingerprint density at radius 3 is 2.85 bits per heavy atom. The molecule has 0 bridgehead atoms. The second kappa shape index (κ2) is 5.40. The number of fused-ring (bicyclic) bond motifs is 1. The van der Waals surface area contributed by atoms with E-state index < -0.39 is 0 Å². The first-order valence-corrected chi connectivity index (χ1v) is 6.21. The molecule has 0 aliphatic heterocycles. The normalized spacial score (nSPS) is 10.4. The maximum atomic E-state index is 11.8. The lowest BCUT2D eigenvalue weighted by Crippen LogP contribution is -2.28. The third kappa shape index (κ3) is 2.59. The Morgan fingerprint density at radius 1 is 1.15 bits per heavy atom.